The highest BCUT2D eigenvalue weighted by atomic mass is 19.4. The number of nitriles is 1. The number of unbranched alkanes of at least 4 members (excludes halogenated alkanes) is 1. The van der Waals surface area contributed by atoms with E-state index in [-0.39, 0.29) is 6.04 Å². The van der Waals surface area contributed by atoms with Crippen molar-refractivity contribution in [3.05, 3.63) is 59.7 Å². The number of rotatable bonds is 7. The van der Waals surface area contributed by atoms with Crippen LogP contribution in [-0.2, 0) is 6.18 Å². The van der Waals surface area contributed by atoms with E-state index in [1.54, 1.807) is 0 Å². The normalized spacial score (nSPS) is 12.3. The lowest BCUT2D eigenvalue weighted by atomic mass is 10.1. The fourth-order valence-electron chi connectivity index (χ4n) is 2.31. The van der Waals surface area contributed by atoms with Crippen molar-refractivity contribution in [2.45, 2.75) is 32.0 Å². The second-order valence-corrected chi connectivity index (χ2v) is 5.62. The van der Waals surface area contributed by atoms with E-state index in [1.165, 1.54) is 12.1 Å². The van der Waals surface area contributed by atoms with E-state index in [4.69, 9.17) is 10.00 Å². The predicted octanol–water partition coefficient (Wildman–Crippen LogP) is 5.56. The number of hydrogen-bond donors (Lipinski definition) is 1. The van der Waals surface area contributed by atoms with Gasteiger partial charge in [0.05, 0.1) is 18.2 Å². The van der Waals surface area contributed by atoms with Crippen molar-refractivity contribution in [1.82, 2.24) is 0 Å². The minimum absolute atomic E-state index is 0.156. The molecule has 0 spiro atoms. The van der Waals surface area contributed by atoms with Gasteiger partial charge in [0.15, 0.2) is 0 Å². The van der Waals surface area contributed by atoms with E-state index in [0.29, 0.717) is 25.2 Å². The number of nitrogens with zero attached hydrogens (tertiary/aromatic N) is 1. The van der Waals surface area contributed by atoms with E-state index in [0.717, 1.165) is 23.4 Å². The van der Waals surface area contributed by atoms with Gasteiger partial charge in [-0.15, -0.1) is 0 Å². The summed E-state index contributed by atoms with van der Waals surface area (Å²) in [7, 11) is 0. The molecule has 0 aliphatic rings. The fourth-order valence-corrected chi connectivity index (χ4v) is 2.31. The van der Waals surface area contributed by atoms with Crippen LogP contribution >= 0.6 is 0 Å². The van der Waals surface area contributed by atoms with Gasteiger partial charge in [-0.25, -0.2) is 0 Å². The largest absolute Gasteiger partial charge is 0.493 e. The first-order chi connectivity index (χ1) is 11.9. The van der Waals surface area contributed by atoms with Gasteiger partial charge in [0.2, 0.25) is 0 Å². The summed E-state index contributed by atoms with van der Waals surface area (Å²) in [5.41, 5.74) is 0.912. The summed E-state index contributed by atoms with van der Waals surface area (Å²) in [5.74, 6) is 0.683. The maximum Gasteiger partial charge on any atom is 0.416 e. The molecule has 0 aromatic heterocycles. The quantitative estimate of drug-likeness (QED) is 0.666. The van der Waals surface area contributed by atoms with Crippen LogP contribution in [0.4, 0.5) is 18.9 Å². The zero-order valence-corrected chi connectivity index (χ0v) is 13.8. The van der Waals surface area contributed by atoms with Crippen LogP contribution in [0.3, 0.4) is 0 Å². The van der Waals surface area contributed by atoms with E-state index >= 15 is 0 Å². The molecule has 0 saturated heterocycles. The highest BCUT2D eigenvalue weighted by Gasteiger charge is 2.30. The number of ether oxygens (including phenoxy) is 1. The van der Waals surface area contributed by atoms with Gasteiger partial charge >= 0.3 is 6.18 Å². The van der Waals surface area contributed by atoms with Gasteiger partial charge in [0.25, 0.3) is 0 Å². The molecule has 1 N–H and O–H groups in total. The Morgan fingerprint density at radius 1 is 1.16 bits per heavy atom. The van der Waals surface area contributed by atoms with Crippen LogP contribution in [0.15, 0.2) is 48.5 Å². The van der Waals surface area contributed by atoms with Crippen molar-refractivity contribution < 1.29 is 17.9 Å². The summed E-state index contributed by atoms with van der Waals surface area (Å²) in [6, 6.07) is 14.4. The molecule has 0 fully saturated rings. The topological polar surface area (TPSA) is 45.0 Å². The number of benzene rings is 2. The fraction of sp³-hybridized carbons (Fsp3) is 0.316. The second-order valence-electron chi connectivity index (χ2n) is 5.62. The minimum atomic E-state index is -4.33. The van der Waals surface area contributed by atoms with Crippen LogP contribution in [0, 0.1) is 11.3 Å². The van der Waals surface area contributed by atoms with Gasteiger partial charge in [-0.3, -0.25) is 0 Å². The van der Waals surface area contributed by atoms with Crippen molar-refractivity contribution >= 4 is 5.69 Å². The first kappa shape index (κ1) is 18.7. The van der Waals surface area contributed by atoms with Gasteiger partial charge in [0, 0.05) is 24.2 Å². The summed E-state index contributed by atoms with van der Waals surface area (Å²) in [5, 5.41) is 11.7. The highest BCUT2D eigenvalue weighted by molar-refractivity contribution is 5.50. The van der Waals surface area contributed by atoms with Crippen LogP contribution in [-0.4, -0.2) is 6.61 Å². The summed E-state index contributed by atoms with van der Waals surface area (Å²) in [6.45, 7) is 2.34. The lowest BCUT2D eigenvalue weighted by molar-refractivity contribution is -0.137. The van der Waals surface area contributed by atoms with Crippen LogP contribution < -0.4 is 10.1 Å². The van der Waals surface area contributed by atoms with Crippen LogP contribution in [0.1, 0.15) is 36.9 Å². The second kappa shape index (κ2) is 8.43. The Hall–Kier alpha value is -2.68. The maximum atomic E-state index is 12.6. The van der Waals surface area contributed by atoms with Crippen LogP contribution in [0.5, 0.6) is 5.75 Å². The molecular weight excluding hydrogens is 329 g/mol. The van der Waals surface area contributed by atoms with Crippen molar-refractivity contribution in [3.63, 3.8) is 0 Å². The average Bonchev–Trinajstić information content (AvgIpc) is 2.58. The summed E-state index contributed by atoms with van der Waals surface area (Å²) in [4.78, 5) is 0. The van der Waals surface area contributed by atoms with Crippen molar-refractivity contribution in [2.75, 3.05) is 11.9 Å². The molecular formula is C19H19F3N2O. The van der Waals surface area contributed by atoms with Gasteiger partial charge in [0.1, 0.15) is 5.75 Å². The number of halogens is 3. The van der Waals surface area contributed by atoms with E-state index in [9.17, 15) is 13.2 Å². The molecule has 0 aliphatic carbocycles. The van der Waals surface area contributed by atoms with Gasteiger partial charge in [-0.1, -0.05) is 18.2 Å². The molecule has 132 valence electrons. The molecule has 0 radical (unpaired) electrons. The molecule has 25 heavy (non-hydrogen) atoms. The summed E-state index contributed by atoms with van der Waals surface area (Å²) >= 11 is 0. The Morgan fingerprint density at radius 3 is 2.52 bits per heavy atom. The number of hydrogen-bond acceptors (Lipinski definition) is 3. The highest BCUT2D eigenvalue weighted by Crippen LogP contribution is 2.30. The smallest absolute Gasteiger partial charge is 0.416 e. The number of anilines is 1. The molecule has 1 unspecified atom stereocenters. The third-order valence-corrected chi connectivity index (χ3v) is 3.66. The Balaban J connectivity index is 1.98. The third kappa shape index (κ3) is 5.71. The van der Waals surface area contributed by atoms with Crippen LogP contribution in [0.25, 0.3) is 0 Å². The molecule has 3 nitrogen and oxygen atoms in total. The van der Waals surface area contributed by atoms with Gasteiger partial charge < -0.3 is 10.1 Å². The Morgan fingerprint density at radius 2 is 1.88 bits per heavy atom. The Kier molecular flexibility index (Phi) is 6.29. The zero-order chi connectivity index (χ0) is 18.3. The average molecular weight is 348 g/mol. The van der Waals surface area contributed by atoms with Crippen molar-refractivity contribution in [2.24, 2.45) is 0 Å². The van der Waals surface area contributed by atoms with Gasteiger partial charge in [-0.05, 0) is 43.2 Å². The SMILES string of the molecule is CC(Nc1cccc(OCCCC#N)c1)c1ccc(C(F)(F)F)cc1. The Labute approximate surface area is 145 Å². The van der Waals surface area contributed by atoms with Gasteiger partial charge in [-0.2, -0.15) is 18.4 Å². The zero-order valence-electron chi connectivity index (χ0n) is 13.8. The predicted molar refractivity (Wildman–Crippen MR) is 90.3 cm³/mol. The van der Waals surface area contributed by atoms with E-state index in [1.807, 2.05) is 31.2 Å². The van der Waals surface area contributed by atoms with E-state index in [2.05, 4.69) is 11.4 Å². The molecule has 6 heteroatoms. The lowest BCUT2D eigenvalue weighted by Crippen LogP contribution is -2.09. The molecule has 0 saturated carbocycles. The standard InChI is InChI=1S/C19H19F3N2O/c1-14(15-7-9-16(10-8-15)19(20,21)22)24-17-5-4-6-18(13-17)25-12-3-2-11-23/h4-10,13-14,24H,2-3,12H2,1H3. The Bertz CT molecular complexity index is 721. The lowest BCUT2D eigenvalue weighted by Gasteiger charge is -2.17. The summed E-state index contributed by atoms with van der Waals surface area (Å²) < 4.78 is 43.4. The number of nitrogens with one attached hydrogen (secondary N) is 1. The maximum absolute atomic E-state index is 12.6. The third-order valence-electron chi connectivity index (χ3n) is 3.66. The van der Waals surface area contributed by atoms with Crippen LogP contribution in [0.2, 0.25) is 0 Å². The van der Waals surface area contributed by atoms with Crippen molar-refractivity contribution in [3.8, 4) is 11.8 Å². The van der Waals surface area contributed by atoms with E-state index < -0.39 is 11.7 Å². The monoisotopic (exact) mass is 348 g/mol. The molecule has 0 aliphatic heterocycles. The number of alkyl halides is 3. The summed E-state index contributed by atoms with van der Waals surface area (Å²) in [6.07, 6.45) is -3.22. The minimum Gasteiger partial charge on any atom is -0.493 e. The molecule has 0 bridgehead atoms. The van der Waals surface area contributed by atoms with Crippen molar-refractivity contribution in [1.29, 1.82) is 5.26 Å². The molecule has 0 heterocycles. The first-order valence-corrected chi connectivity index (χ1v) is 7.93. The first-order valence-electron chi connectivity index (χ1n) is 7.93. The molecule has 2 rings (SSSR count). The molecule has 2 aromatic carbocycles. The molecule has 0 amide bonds. The molecule has 1 atom stereocenters. The molecule has 2 aromatic rings.